The monoisotopic (exact) mass is 306 g/mol. The van der Waals surface area contributed by atoms with Crippen LogP contribution in [0.15, 0.2) is 29.4 Å². The van der Waals surface area contributed by atoms with Gasteiger partial charge in [-0.05, 0) is 19.1 Å². The first-order chi connectivity index (χ1) is 9.14. The van der Waals surface area contributed by atoms with Gasteiger partial charge in [-0.25, -0.2) is 0 Å². The van der Waals surface area contributed by atoms with Crippen LogP contribution in [0, 0.1) is 0 Å². The average Bonchev–Trinajstić information content (AvgIpc) is 2.64. The Kier molecular flexibility index (Phi) is 3.51. The Morgan fingerprint density at radius 1 is 1.40 bits per heavy atom. The lowest BCUT2D eigenvalue weighted by molar-refractivity contribution is -0.206. The third kappa shape index (κ3) is 2.51. The van der Waals surface area contributed by atoms with Crippen molar-refractivity contribution in [3.8, 4) is 0 Å². The molecule has 0 saturated heterocycles. The van der Waals surface area contributed by atoms with Gasteiger partial charge in [-0.3, -0.25) is 4.79 Å². The largest absolute Gasteiger partial charge is 0.473 e. The highest BCUT2D eigenvalue weighted by atomic mass is 35.5. The number of hydrazone groups is 1. The van der Waals surface area contributed by atoms with E-state index in [2.05, 4.69) is 5.10 Å². The molecule has 0 saturated carbocycles. The average molecular weight is 307 g/mol. The SMILES string of the molecule is CC1=NN(C(=O)C(F)(F)F)[C@@](O)(c2ccc(Cl)cc2)C1. The van der Waals surface area contributed by atoms with Crippen molar-refractivity contribution in [2.75, 3.05) is 0 Å². The number of carbonyl (C=O) groups is 1. The Morgan fingerprint density at radius 2 is 1.95 bits per heavy atom. The van der Waals surface area contributed by atoms with Gasteiger partial charge in [0.05, 0.1) is 0 Å². The third-order valence-electron chi connectivity index (χ3n) is 2.86. The van der Waals surface area contributed by atoms with E-state index in [0.29, 0.717) is 5.02 Å². The predicted molar refractivity (Wildman–Crippen MR) is 66.0 cm³/mol. The van der Waals surface area contributed by atoms with Crippen LogP contribution in [0.1, 0.15) is 18.9 Å². The molecule has 1 amide bonds. The molecule has 0 fully saturated rings. The first-order valence-electron chi connectivity index (χ1n) is 5.58. The molecule has 1 aromatic rings. The summed E-state index contributed by atoms with van der Waals surface area (Å²) < 4.78 is 37.7. The molecule has 2 rings (SSSR count). The molecule has 0 bridgehead atoms. The number of aliphatic hydroxyl groups is 1. The molecule has 108 valence electrons. The Bertz CT molecular complexity index is 571. The van der Waals surface area contributed by atoms with Crippen molar-refractivity contribution in [2.45, 2.75) is 25.2 Å². The molecule has 1 N–H and O–H groups in total. The van der Waals surface area contributed by atoms with Crippen LogP contribution in [-0.2, 0) is 10.5 Å². The summed E-state index contributed by atoms with van der Waals surface area (Å²) in [4.78, 5) is 11.4. The molecule has 1 aromatic carbocycles. The number of amides is 1. The van der Waals surface area contributed by atoms with Crippen molar-refractivity contribution in [3.05, 3.63) is 34.9 Å². The highest BCUT2D eigenvalue weighted by Crippen LogP contribution is 2.38. The smallest absolute Gasteiger partial charge is 0.365 e. The molecule has 4 nitrogen and oxygen atoms in total. The lowest BCUT2D eigenvalue weighted by atomic mass is 9.97. The Morgan fingerprint density at radius 3 is 2.45 bits per heavy atom. The van der Waals surface area contributed by atoms with E-state index in [-0.39, 0.29) is 22.7 Å². The molecule has 0 unspecified atom stereocenters. The van der Waals surface area contributed by atoms with E-state index < -0.39 is 17.8 Å². The van der Waals surface area contributed by atoms with Crippen LogP contribution < -0.4 is 0 Å². The second-order valence-electron chi connectivity index (χ2n) is 4.45. The maximum Gasteiger partial charge on any atom is 0.473 e. The van der Waals surface area contributed by atoms with Gasteiger partial charge in [0.15, 0.2) is 5.72 Å². The van der Waals surface area contributed by atoms with Gasteiger partial charge in [0.1, 0.15) is 0 Å². The summed E-state index contributed by atoms with van der Waals surface area (Å²) >= 11 is 5.69. The van der Waals surface area contributed by atoms with Crippen LogP contribution in [0.4, 0.5) is 13.2 Å². The van der Waals surface area contributed by atoms with Crippen LogP contribution in [0.25, 0.3) is 0 Å². The number of benzene rings is 1. The number of hydrogen-bond acceptors (Lipinski definition) is 3. The van der Waals surface area contributed by atoms with Crippen LogP contribution in [0.5, 0.6) is 0 Å². The summed E-state index contributed by atoms with van der Waals surface area (Å²) in [5.74, 6) is -2.22. The van der Waals surface area contributed by atoms with Gasteiger partial charge >= 0.3 is 12.1 Å². The minimum Gasteiger partial charge on any atom is -0.365 e. The highest BCUT2D eigenvalue weighted by molar-refractivity contribution is 6.30. The number of halogens is 4. The third-order valence-corrected chi connectivity index (χ3v) is 3.12. The van der Waals surface area contributed by atoms with Crippen LogP contribution in [0.3, 0.4) is 0 Å². The summed E-state index contributed by atoms with van der Waals surface area (Å²) in [7, 11) is 0. The minimum atomic E-state index is -5.12. The quantitative estimate of drug-likeness (QED) is 0.867. The summed E-state index contributed by atoms with van der Waals surface area (Å²) in [5, 5.41) is 14.4. The number of alkyl halides is 3. The van der Waals surface area contributed by atoms with Crippen molar-refractivity contribution >= 4 is 23.2 Å². The standard InChI is InChI=1S/C12H10ClF3N2O2/c1-7-6-11(20,8-2-4-9(13)5-3-8)18(17-7)10(19)12(14,15)16/h2-5,20H,6H2,1H3/t11-/m0/s1. The van der Waals surface area contributed by atoms with E-state index in [1.54, 1.807) is 0 Å². The molecule has 0 aliphatic carbocycles. The molecule has 1 aliphatic rings. The van der Waals surface area contributed by atoms with E-state index in [1.807, 2.05) is 0 Å². The van der Waals surface area contributed by atoms with E-state index in [0.717, 1.165) is 0 Å². The first-order valence-corrected chi connectivity index (χ1v) is 5.96. The highest BCUT2D eigenvalue weighted by Gasteiger charge is 2.53. The van der Waals surface area contributed by atoms with E-state index in [4.69, 9.17) is 11.6 Å². The van der Waals surface area contributed by atoms with E-state index >= 15 is 0 Å². The summed E-state index contributed by atoms with van der Waals surface area (Å²) in [6, 6.07) is 5.54. The van der Waals surface area contributed by atoms with Crippen molar-refractivity contribution < 1.29 is 23.1 Å². The summed E-state index contributed by atoms with van der Waals surface area (Å²) in [6.45, 7) is 1.44. The van der Waals surface area contributed by atoms with E-state index in [1.165, 1.54) is 31.2 Å². The molecule has 0 radical (unpaired) electrons. The zero-order chi connectivity index (χ0) is 15.1. The Balaban J connectivity index is 2.44. The van der Waals surface area contributed by atoms with Crippen molar-refractivity contribution in [1.82, 2.24) is 5.01 Å². The summed E-state index contributed by atoms with van der Waals surface area (Å²) in [5.41, 5.74) is -1.82. The maximum atomic E-state index is 12.6. The van der Waals surface area contributed by atoms with Gasteiger partial charge in [-0.15, -0.1) is 0 Å². The van der Waals surface area contributed by atoms with Crippen molar-refractivity contribution in [3.63, 3.8) is 0 Å². The second-order valence-corrected chi connectivity index (χ2v) is 4.89. The Hall–Kier alpha value is -1.60. The Labute approximate surface area is 117 Å². The van der Waals surface area contributed by atoms with Crippen molar-refractivity contribution in [2.24, 2.45) is 5.10 Å². The first kappa shape index (κ1) is 14.8. The van der Waals surface area contributed by atoms with Gasteiger partial charge < -0.3 is 5.11 Å². The van der Waals surface area contributed by atoms with Gasteiger partial charge in [0, 0.05) is 22.7 Å². The second kappa shape index (κ2) is 4.75. The molecule has 1 atom stereocenters. The van der Waals surface area contributed by atoms with E-state index in [9.17, 15) is 23.1 Å². The van der Waals surface area contributed by atoms with Crippen LogP contribution in [0.2, 0.25) is 5.02 Å². The number of nitrogens with zero attached hydrogens (tertiary/aromatic N) is 2. The predicted octanol–water partition coefficient (Wildman–Crippen LogP) is 2.66. The zero-order valence-corrected chi connectivity index (χ0v) is 11.0. The molecule has 1 heterocycles. The zero-order valence-electron chi connectivity index (χ0n) is 10.3. The topological polar surface area (TPSA) is 52.9 Å². The van der Waals surface area contributed by atoms with Gasteiger partial charge in [0.2, 0.25) is 0 Å². The molecule has 0 spiro atoms. The van der Waals surface area contributed by atoms with Gasteiger partial charge in [-0.1, -0.05) is 23.7 Å². The fourth-order valence-corrected chi connectivity index (χ4v) is 2.12. The molecule has 8 heteroatoms. The van der Waals surface area contributed by atoms with Gasteiger partial charge in [-0.2, -0.15) is 23.3 Å². The van der Waals surface area contributed by atoms with Crippen LogP contribution in [-0.4, -0.2) is 27.9 Å². The lowest BCUT2D eigenvalue weighted by Crippen LogP contribution is -2.48. The molecular formula is C12H10ClF3N2O2. The van der Waals surface area contributed by atoms with Crippen molar-refractivity contribution in [1.29, 1.82) is 0 Å². The van der Waals surface area contributed by atoms with Gasteiger partial charge in [0.25, 0.3) is 0 Å². The number of carbonyl (C=O) groups excluding carboxylic acids is 1. The fraction of sp³-hybridized carbons (Fsp3) is 0.333. The summed E-state index contributed by atoms with van der Waals surface area (Å²) in [6.07, 6.45) is -5.31. The minimum absolute atomic E-state index is 0.0750. The maximum absolute atomic E-state index is 12.6. The van der Waals surface area contributed by atoms with Crippen LogP contribution >= 0.6 is 11.6 Å². The molecule has 1 aliphatic heterocycles. The molecular weight excluding hydrogens is 297 g/mol. The fourth-order valence-electron chi connectivity index (χ4n) is 2.00. The normalized spacial score (nSPS) is 22.9. The lowest BCUT2D eigenvalue weighted by Gasteiger charge is -2.31. The number of rotatable bonds is 1. The molecule has 20 heavy (non-hydrogen) atoms. The number of hydrogen-bond donors (Lipinski definition) is 1. The molecule has 0 aromatic heterocycles.